The van der Waals surface area contributed by atoms with E-state index in [2.05, 4.69) is 15.3 Å². The van der Waals surface area contributed by atoms with E-state index in [1.54, 1.807) is 17.4 Å². The number of pyridine rings is 1. The van der Waals surface area contributed by atoms with Crippen LogP contribution in [0, 0.1) is 6.92 Å². The Morgan fingerprint density at radius 2 is 1.72 bits per heavy atom. The van der Waals surface area contributed by atoms with E-state index in [-0.39, 0.29) is 5.91 Å². The van der Waals surface area contributed by atoms with Crippen LogP contribution in [0.25, 0.3) is 20.8 Å². The molecule has 0 aliphatic heterocycles. The number of anilines is 1. The molecule has 0 radical (unpaired) electrons. The van der Waals surface area contributed by atoms with Crippen molar-refractivity contribution in [3.8, 4) is 10.6 Å². The maximum atomic E-state index is 12.5. The van der Waals surface area contributed by atoms with Gasteiger partial charge in [0.05, 0.1) is 15.9 Å². The Hall–Kier alpha value is -3.05. The smallest absolute Gasteiger partial charge is 0.274 e. The summed E-state index contributed by atoms with van der Waals surface area (Å²) in [7, 11) is 0. The van der Waals surface area contributed by atoms with Crippen molar-refractivity contribution >= 4 is 33.1 Å². The zero-order valence-corrected chi connectivity index (χ0v) is 14.4. The quantitative estimate of drug-likeness (QED) is 0.573. The summed E-state index contributed by atoms with van der Waals surface area (Å²) in [6.45, 7) is 1.87. The van der Waals surface area contributed by atoms with Gasteiger partial charge in [-0.1, -0.05) is 30.3 Å². The summed E-state index contributed by atoms with van der Waals surface area (Å²) in [5, 5.41) is 3.85. The summed E-state index contributed by atoms with van der Waals surface area (Å²) in [6, 6.07) is 21.1. The van der Waals surface area contributed by atoms with Crippen LogP contribution in [-0.4, -0.2) is 15.9 Å². The molecule has 0 bridgehead atoms. The van der Waals surface area contributed by atoms with Gasteiger partial charge >= 0.3 is 0 Å². The number of hydrogen-bond donors (Lipinski definition) is 1. The number of carbonyl (C=O) groups excluding carboxylic acids is 1. The second kappa shape index (κ2) is 6.45. The predicted octanol–water partition coefficient (Wildman–Crippen LogP) is 4.92. The van der Waals surface area contributed by atoms with Crippen LogP contribution in [0.4, 0.5) is 5.69 Å². The van der Waals surface area contributed by atoms with E-state index in [0.29, 0.717) is 5.69 Å². The molecule has 5 heteroatoms. The average molecular weight is 345 g/mol. The molecule has 4 aromatic rings. The molecule has 0 unspecified atom stereocenters. The van der Waals surface area contributed by atoms with Crippen molar-refractivity contribution < 1.29 is 4.79 Å². The molecule has 25 heavy (non-hydrogen) atoms. The minimum atomic E-state index is -0.225. The molecule has 4 rings (SSSR count). The van der Waals surface area contributed by atoms with Crippen LogP contribution in [0.5, 0.6) is 0 Å². The number of nitrogens with zero attached hydrogens (tertiary/aromatic N) is 2. The highest BCUT2D eigenvalue weighted by Crippen LogP contribution is 2.34. The normalized spacial score (nSPS) is 10.8. The zero-order chi connectivity index (χ0) is 17.2. The summed E-state index contributed by atoms with van der Waals surface area (Å²) < 4.78 is 1.12. The summed E-state index contributed by atoms with van der Waals surface area (Å²) in [4.78, 5) is 21.5. The minimum absolute atomic E-state index is 0.225. The molecule has 4 nitrogen and oxygen atoms in total. The van der Waals surface area contributed by atoms with Crippen molar-refractivity contribution in [3.05, 3.63) is 78.1 Å². The highest BCUT2D eigenvalue weighted by Gasteiger charge is 2.14. The molecule has 2 aromatic carbocycles. The third kappa shape index (κ3) is 3.14. The van der Waals surface area contributed by atoms with Crippen LogP contribution in [0.2, 0.25) is 0 Å². The lowest BCUT2D eigenvalue weighted by Gasteiger charge is -2.09. The van der Waals surface area contributed by atoms with Crippen molar-refractivity contribution in [1.82, 2.24) is 9.97 Å². The number of benzene rings is 2. The van der Waals surface area contributed by atoms with Gasteiger partial charge in [0.2, 0.25) is 0 Å². The zero-order valence-electron chi connectivity index (χ0n) is 13.6. The Bertz CT molecular complexity index is 1040. The Morgan fingerprint density at radius 3 is 2.56 bits per heavy atom. The maximum Gasteiger partial charge on any atom is 0.274 e. The van der Waals surface area contributed by atoms with Crippen LogP contribution >= 0.6 is 11.3 Å². The van der Waals surface area contributed by atoms with E-state index in [9.17, 15) is 4.79 Å². The molecule has 0 saturated heterocycles. The number of hydrogen-bond acceptors (Lipinski definition) is 4. The number of amides is 1. The van der Waals surface area contributed by atoms with E-state index in [1.807, 2.05) is 67.6 Å². The summed E-state index contributed by atoms with van der Waals surface area (Å²) >= 11 is 1.61. The molecule has 1 amide bonds. The van der Waals surface area contributed by atoms with Gasteiger partial charge < -0.3 is 5.32 Å². The first-order valence-corrected chi connectivity index (χ1v) is 8.72. The lowest BCUT2D eigenvalue weighted by Crippen LogP contribution is -2.14. The largest absolute Gasteiger partial charge is 0.320 e. The number of aryl methyl sites for hydroxylation is 1. The first-order chi connectivity index (χ1) is 12.2. The number of para-hydroxylation sites is 2. The van der Waals surface area contributed by atoms with Gasteiger partial charge in [0.15, 0.2) is 0 Å². The maximum absolute atomic E-state index is 12.5. The van der Waals surface area contributed by atoms with Gasteiger partial charge in [-0.3, -0.25) is 4.79 Å². The fourth-order valence-corrected chi connectivity index (χ4v) is 3.63. The number of thiazole rings is 1. The van der Waals surface area contributed by atoms with Gasteiger partial charge in [0.25, 0.3) is 5.91 Å². The molecule has 0 fully saturated rings. The third-order valence-corrected chi connectivity index (χ3v) is 4.89. The summed E-state index contributed by atoms with van der Waals surface area (Å²) in [6.07, 6.45) is 0. The minimum Gasteiger partial charge on any atom is -0.320 e. The fourth-order valence-electron chi connectivity index (χ4n) is 2.62. The molecule has 0 aliphatic carbocycles. The van der Waals surface area contributed by atoms with Crippen molar-refractivity contribution in [2.75, 3.05) is 5.32 Å². The van der Waals surface area contributed by atoms with Gasteiger partial charge in [-0.05, 0) is 43.3 Å². The highest BCUT2D eigenvalue weighted by molar-refractivity contribution is 7.21. The van der Waals surface area contributed by atoms with Crippen LogP contribution in [0.1, 0.15) is 16.2 Å². The van der Waals surface area contributed by atoms with Crippen molar-refractivity contribution in [1.29, 1.82) is 0 Å². The molecular formula is C20H15N3OS. The van der Waals surface area contributed by atoms with Crippen LogP contribution < -0.4 is 5.32 Å². The average Bonchev–Trinajstić information content (AvgIpc) is 3.06. The first-order valence-electron chi connectivity index (χ1n) is 7.91. The number of rotatable bonds is 3. The Labute approximate surface area is 149 Å². The molecule has 0 atom stereocenters. The Morgan fingerprint density at radius 1 is 0.920 bits per heavy atom. The number of nitrogens with one attached hydrogen (secondary N) is 1. The van der Waals surface area contributed by atoms with Gasteiger partial charge in [-0.15, -0.1) is 11.3 Å². The predicted molar refractivity (Wildman–Crippen MR) is 102 cm³/mol. The standard InChI is InChI=1S/C20H15N3OS/c1-13-7-6-11-17(21-13)19(24)22-15-9-3-2-8-14(15)20-23-16-10-4-5-12-18(16)25-20/h2-12H,1H3,(H,22,24). The number of fused-ring (bicyclic) bond motifs is 1. The monoisotopic (exact) mass is 345 g/mol. The number of aromatic nitrogens is 2. The second-order valence-electron chi connectivity index (χ2n) is 5.65. The third-order valence-electron chi connectivity index (χ3n) is 3.82. The van der Waals surface area contributed by atoms with Gasteiger partial charge in [-0.25, -0.2) is 9.97 Å². The first kappa shape index (κ1) is 15.5. The van der Waals surface area contributed by atoms with E-state index in [1.165, 1.54) is 0 Å². The lowest BCUT2D eigenvalue weighted by molar-refractivity contribution is 0.102. The summed E-state index contributed by atoms with van der Waals surface area (Å²) in [5.41, 5.74) is 3.81. The Balaban J connectivity index is 1.70. The van der Waals surface area contributed by atoms with Crippen molar-refractivity contribution in [2.45, 2.75) is 6.92 Å². The van der Waals surface area contributed by atoms with Gasteiger partial charge in [0.1, 0.15) is 10.7 Å². The molecule has 122 valence electrons. The van der Waals surface area contributed by atoms with Crippen LogP contribution in [-0.2, 0) is 0 Å². The second-order valence-corrected chi connectivity index (χ2v) is 6.68. The van der Waals surface area contributed by atoms with E-state index >= 15 is 0 Å². The van der Waals surface area contributed by atoms with Crippen LogP contribution in [0.15, 0.2) is 66.7 Å². The molecule has 0 saturated carbocycles. The molecule has 2 aromatic heterocycles. The molecule has 0 spiro atoms. The lowest BCUT2D eigenvalue weighted by atomic mass is 10.1. The molecular weight excluding hydrogens is 330 g/mol. The van der Waals surface area contributed by atoms with Crippen molar-refractivity contribution in [3.63, 3.8) is 0 Å². The topological polar surface area (TPSA) is 54.9 Å². The fraction of sp³-hybridized carbons (Fsp3) is 0.0500. The molecule has 2 heterocycles. The molecule has 1 N–H and O–H groups in total. The van der Waals surface area contributed by atoms with Crippen molar-refractivity contribution in [2.24, 2.45) is 0 Å². The van der Waals surface area contributed by atoms with E-state index in [0.717, 1.165) is 32.2 Å². The summed E-state index contributed by atoms with van der Waals surface area (Å²) in [5.74, 6) is -0.225. The van der Waals surface area contributed by atoms with Crippen LogP contribution in [0.3, 0.4) is 0 Å². The van der Waals surface area contributed by atoms with E-state index < -0.39 is 0 Å². The van der Waals surface area contributed by atoms with Gasteiger partial charge in [0, 0.05) is 11.3 Å². The SMILES string of the molecule is Cc1cccc(C(=O)Nc2ccccc2-c2nc3ccccc3s2)n1. The van der Waals surface area contributed by atoms with Gasteiger partial charge in [-0.2, -0.15) is 0 Å². The Kier molecular flexibility index (Phi) is 3.99. The number of carbonyl (C=O) groups is 1. The van der Waals surface area contributed by atoms with E-state index in [4.69, 9.17) is 0 Å². The highest BCUT2D eigenvalue weighted by atomic mass is 32.1. The molecule has 0 aliphatic rings.